The van der Waals surface area contributed by atoms with Gasteiger partial charge in [-0.3, -0.25) is 14.5 Å². The van der Waals surface area contributed by atoms with Crippen molar-refractivity contribution in [2.45, 2.75) is 117 Å². The van der Waals surface area contributed by atoms with Gasteiger partial charge in [-0.15, -0.1) is 0 Å². The summed E-state index contributed by atoms with van der Waals surface area (Å²) in [5.74, 6) is -2.14. The third-order valence-corrected chi connectivity index (χ3v) is 9.19. The van der Waals surface area contributed by atoms with E-state index >= 15 is 0 Å². The number of carbonyl (C=O) groups is 2. The molecule has 32 heavy (non-hydrogen) atoms. The van der Waals surface area contributed by atoms with Crippen molar-refractivity contribution in [3.63, 3.8) is 0 Å². The largest absolute Gasteiger partial charge is 0.480 e. The maximum Gasteiger partial charge on any atom is 0.317 e. The molecule has 0 unspecified atom stereocenters. The quantitative estimate of drug-likeness (QED) is 0.115. The lowest BCUT2D eigenvalue weighted by molar-refractivity contribution is -0.141. The summed E-state index contributed by atoms with van der Waals surface area (Å²) in [6.45, 7) is 3.68. The molecule has 0 spiro atoms. The second-order valence-electron chi connectivity index (χ2n) is 9.37. The van der Waals surface area contributed by atoms with Gasteiger partial charge >= 0.3 is 11.9 Å². The van der Waals surface area contributed by atoms with Crippen LogP contribution in [0.5, 0.6) is 0 Å². The molecule has 0 bridgehead atoms. The fourth-order valence-electron chi connectivity index (χ4n) is 4.22. The molecule has 0 saturated heterocycles. The van der Waals surface area contributed by atoms with E-state index in [1.807, 2.05) is 0 Å². The number of carboxylic acid groups (broad SMARTS) is 2. The summed E-state index contributed by atoms with van der Waals surface area (Å²) in [6.07, 6.45) is 20.1. The number of carboxylic acids is 2. The number of aliphatic carboxylic acids is 2. The topological polar surface area (TPSA) is 94.9 Å². The molecule has 190 valence electrons. The van der Waals surface area contributed by atoms with Gasteiger partial charge in [-0.2, -0.15) is 0 Å². The number of unbranched alkanes of at least 4 members (excludes halogenated alkanes) is 14. The minimum absolute atomic E-state index is 0.110. The molecule has 7 heteroatoms. The van der Waals surface area contributed by atoms with Gasteiger partial charge in [0, 0.05) is 12.3 Å². The number of nitrogens with zero attached hydrogens (tertiary/aromatic N) is 1. The highest BCUT2D eigenvalue weighted by Crippen LogP contribution is 2.48. The lowest BCUT2D eigenvalue weighted by Crippen LogP contribution is -2.35. The van der Waals surface area contributed by atoms with E-state index in [1.54, 1.807) is 0 Å². The first-order valence-corrected chi connectivity index (χ1v) is 15.3. The Morgan fingerprint density at radius 1 is 0.594 bits per heavy atom. The SMILES string of the molecule is CCCCCCCCCCP(=O)(CCCCCCCCCC)CN(CC(=O)O)CC(=O)O. The van der Waals surface area contributed by atoms with E-state index in [9.17, 15) is 14.2 Å². The average molecular weight is 476 g/mol. The van der Waals surface area contributed by atoms with Crippen LogP contribution in [0.3, 0.4) is 0 Å². The van der Waals surface area contributed by atoms with Gasteiger partial charge in [0.05, 0.1) is 19.4 Å². The maximum absolute atomic E-state index is 13.7. The molecular formula is C25H50NO5P. The van der Waals surface area contributed by atoms with Crippen molar-refractivity contribution in [2.24, 2.45) is 0 Å². The minimum atomic E-state index is -2.62. The second-order valence-corrected chi connectivity index (χ2v) is 12.7. The van der Waals surface area contributed by atoms with Gasteiger partial charge in [0.1, 0.15) is 7.14 Å². The molecule has 0 aliphatic rings. The molecule has 0 saturated carbocycles. The molecule has 2 N–H and O–H groups in total. The normalized spacial score (nSPS) is 11.8. The van der Waals surface area contributed by atoms with Crippen molar-refractivity contribution < 1.29 is 24.4 Å². The average Bonchev–Trinajstić information content (AvgIpc) is 2.71. The zero-order valence-electron chi connectivity index (χ0n) is 20.9. The molecule has 0 aromatic heterocycles. The van der Waals surface area contributed by atoms with Crippen molar-refractivity contribution in [1.29, 1.82) is 0 Å². The van der Waals surface area contributed by atoms with E-state index in [0.29, 0.717) is 12.3 Å². The van der Waals surface area contributed by atoms with Gasteiger partial charge in [0.2, 0.25) is 0 Å². The van der Waals surface area contributed by atoms with Crippen LogP contribution in [-0.2, 0) is 14.2 Å². The molecule has 0 radical (unpaired) electrons. The molecule has 0 aromatic carbocycles. The molecular weight excluding hydrogens is 425 g/mol. The zero-order chi connectivity index (χ0) is 24.1. The zero-order valence-corrected chi connectivity index (χ0v) is 21.8. The fraction of sp³-hybridized carbons (Fsp3) is 0.920. The molecule has 0 aromatic rings. The highest BCUT2D eigenvalue weighted by Gasteiger charge is 2.27. The monoisotopic (exact) mass is 475 g/mol. The Morgan fingerprint density at radius 2 is 0.906 bits per heavy atom. The highest BCUT2D eigenvalue weighted by atomic mass is 31.2. The number of rotatable bonds is 24. The Kier molecular flexibility index (Phi) is 20.2. The lowest BCUT2D eigenvalue weighted by atomic mass is 10.1. The summed E-state index contributed by atoms with van der Waals surface area (Å²) < 4.78 is 13.7. The van der Waals surface area contributed by atoms with Crippen molar-refractivity contribution in [3.05, 3.63) is 0 Å². The van der Waals surface area contributed by atoms with E-state index in [1.165, 1.54) is 69.1 Å². The number of hydrogen-bond acceptors (Lipinski definition) is 4. The summed E-state index contributed by atoms with van der Waals surface area (Å²) >= 11 is 0. The standard InChI is InChI=1S/C25H50NO5P/c1-3-5-7-9-11-13-15-17-19-32(31,20-18-16-14-12-10-8-6-4-2)23-26(21-24(27)28)22-25(29)30/h3-23H2,1-2H3,(H,27,28)(H,29,30). The first-order valence-electron chi connectivity index (χ1n) is 13.1. The van der Waals surface area contributed by atoms with Crippen LogP contribution in [0.25, 0.3) is 0 Å². The van der Waals surface area contributed by atoms with Crippen LogP contribution < -0.4 is 0 Å². The first kappa shape index (κ1) is 31.1. The van der Waals surface area contributed by atoms with Crippen LogP contribution in [0.4, 0.5) is 0 Å². The van der Waals surface area contributed by atoms with Crippen molar-refractivity contribution in [3.8, 4) is 0 Å². The molecule has 6 nitrogen and oxygen atoms in total. The lowest BCUT2D eigenvalue weighted by Gasteiger charge is -2.26. The predicted octanol–water partition coefficient (Wildman–Crippen LogP) is 7.06. The summed E-state index contributed by atoms with van der Waals surface area (Å²) in [7, 11) is -2.62. The van der Waals surface area contributed by atoms with Gasteiger partial charge < -0.3 is 14.8 Å². The van der Waals surface area contributed by atoms with Crippen LogP contribution >= 0.6 is 7.14 Å². The third kappa shape index (κ3) is 19.8. The fourth-order valence-corrected chi connectivity index (χ4v) is 7.26. The highest BCUT2D eigenvalue weighted by molar-refractivity contribution is 7.63. The van der Waals surface area contributed by atoms with Gasteiger partial charge in [-0.1, -0.05) is 104 Å². The third-order valence-electron chi connectivity index (χ3n) is 6.01. The van der Waals surface area contributed by atoms with Crippen LogP contribution in [0.15, 0.2) is 0 Å². The van der Waals surface area contributed by atoms with Crippen LogP contribution in [0.2, 0.25) is 0 Å². The van der Waals surface area contributed by atoms with Crippen molar-refractivity contribution in [2.75, 3.05) is 31.7 Å². The minimum Gasteiger partial charge on any atom is -0.480 e. The van der Waals surface area contributed by atoms with Gasteiger partial charge in [-0.05, 0) is 12.8 Å². The summed E-state index contributed by atoms with van der Waals surface area (Å²) in [6, 6.07) is 0. The smallest absolute Gasteiger partial charge is 0.317 e. The summed E-state index contributed by atoms with van der Waals surface area (Å²) in [5, 5.41) is 18.3. The Labute approximate surface area is 196 Å². The van der Waals surface area contributed by atoms with Crippen LogP contribution in [0, 0.1) is 0 Å². The molecule has 0 atom stereocenters. The summed E-state index contributed by atoms with van der Waals surface area (Å²) in [5.41, 5.74) is 0. The van der Waals surface area contributed by atoms with E-state index in [-0.39, 0.29) is 19.4 Å². The Bertz CT molecular complexity index is 486. The number of hydrogen-bond donors (Lipinski definition) is 2. The molecule has 0 amide bonds. The van der Waals surface area contributed by atoms with E-state index in [4.69, 9.17) is 10.2 Å². The second kappa shape index (κ2) is 20.7. The van der Waals surface area contributed by atoms with Crippen LogP contribution in [0.1, 0.15) is 117 Å². The van der Waals surface area contributed by atoms with Gasteiger partial charge in [0.15, 0.2) is 0 Å². The van der Waals surface area contributed by atoms with Gasteiger partial charge in [0.25, 0.3) is 0 Å². The van der Waals surface area contributed by atoms with E-state index in [0.717, 1.165) is 38.5 Å². The Hall–Kier alpha value is -0.870. The van der Waals surface area contributed by atoms with Crippen molar-refractivity contribution >= 4 is 19.1 Å². The van der Waals surface area contributed by atoms with Crippen molar-refractivity contribution in [1.82, 2.24) is 4.90 Å². The maximum atomic E-state index is 13.7. The Morgan fingerprint density at radius 3 is 1.22 bits per heavy atom. The van der Waals surface area contributed by atoms with E-state index < -0.39 is 19.1 Å². The van der Waals surface area contributed by atoms with Crippen LogP contribution in [-0.4, -0.2) is 58.8 Å². The Balaban J connectivity index is 4.58. The van der Waals surface area contributed by atoms with Gasteiger partial charge in [-0.25, -0.2) is 0 Å². The molecule has 0 fully saturated rings. The summed E-state index contributed by atoms with van der Waals surface area (Å²) in [4.78, 5) is 23.7. The molecule has 0 heterocycles. The van der Waals surface area contributed by atoms with E-state index in [2.05, 4.69) is 13.8 Å². The molecule has 0 rings (SSSR count). The predicted molar refractivity (Wildman–Crippen MR) is 134 cm³/mol. The molecule has 0 aliphatic carbocycles. The first-order chi connectivity index (χ1) is 15.3. The molecule has 0 aliphatic heterocycles.